The Morgan fingerprint density at radius 2 is 1.88 bits per heavy atom. The highest BCUT2D eigenvalue weighted by Gasteiger charge is 2.22. The number of carbonyl (C=O) groups is 2. The van der Waals surface area contributed by atoms with Gasteiger partial charge in [0.1, 0.15) is 12.4 Å². The minimum Gasteiger partial charge on any atom is -0.492 e. The molecule has 1 aromatic carbocycles. The van der Waals surface area contributed by atoms with E-state index in [1.165, 1.54) is 11.3 Å². The lowest BCUT2D eigenvalue weighted by Crippen LogP contribution is -2.27. The largest absolute Gasteiger partial charge is 0.492 e. The summed E-state index contributed by atoms with van der Waals surface area (Å²) in [5, 5.41) is 7.83. The fourth-order valence-electron chi connectivity index (χ4n) is 1.91. The maximum Gasteiger partial charge on any atom is 0.231 e. The van der Waals surface area contributed by atoms with Gasteiger partial charge >= 0.3 is 0 Å². The van der Waals surface area contributed by atoms with E-state index in [1.54, 1.807) is 29.6 Å². The number of aromatic nitrogens is 1. The van der Waals surface area contributed by atoms with Crippen molar-refractivity contribution in [1.29, 1.82) is 0 Å². The lowest BCUT2D eigenvalue weighted by molar-refractivity contribution is -0.123. The first-order valence-electron chi connectivity index (χ1n) is 8.26. The molecule has 0 bridgehead atoms. The summed E-state index contributed by atoms with van der Waals surface area (Å²) in [4.78, 5) is 28.4. The highest BCUT2D eigenvalue weighted by atomic mass is 32.1. The van der Waals surface area contributed by atoms with Crippen LogP contribution < -0.4 is 21.1 Å². The predicted molar refractivity (Wildman–Crippen MR) is 104 cm³/mol. The van der Waals surface area contributed by atoms with Crippen molar-refractivity contribution in [2.75, 3.05) is 23.8 Å². The van der Waals surface area contributed by atoms with Gasteiger partial charge in [0.15, 0.2) is 5.13 Å². The second-order valence-electron chi connectivity index (χ2n) is 6.73. The van der Waals surface area contributed by atoms with Crippen molar-refractivity contribution in [3.63, 3.8) is 0 Å². The monoisotopic (exact) mass is 376 g/mol. The van der Waals surface area contributed by atoms with Gasteiger partial charge in [-0.25, -0.2) is 4.98 Å². The summed E-state index contributed by atoms with van der Waals surface area (Å²) in [6.45, 7) is 6.39. The maximum atomic E-state index is 12.1. The average Bonchev–Trinajstić information content (AvgIpc) is 3.00. The molecule has 2 rings (SSSR count). The standard InChI is InChI=1S/C18H24N4O3S/c1-18(2,3)16(24)22-17-21-13(11-26-17)10-15(23)20-12-4-6-14(7-5-12)25-9-8-19/h4-7,11H,8-10,19H2,1-3H3,(H,20,23)(H,21,22,24). The van der Waals surface area contributed by atoms with Gasteiger partial charge in [-0.2, -0.15) is 0 Å². The van der Waals surface area contributed by atoms with Crippen LogP contribution in [0.2, 0.25) is 0 Å². The van der Waals surface area contributed by atoms with Gasteiger partial charge in [0, 0.05) is 23.0 Å². The van der Waals surface area contributed by atoms with Crippen LogP contribution in [-0.4, -0.2) is 29.9 Å². The molecule has 2 amide bonds. The molecule has 0 atom stereocenters. The van der Waals surface area contributed by atoms with Gasteiger partial charge in [-0.3, -0.25) is 9.59 Å². The Morgan fingerprint density at radius 3 is 2.50 bits per heavy atom. The third kappa shape index (κ3) is 6.12. The molecule has 2 aromatic rings. The zero-order valence-corrected chi connectivity index (χ0v) is 16.0. The van der Waals surface area contributed by atoms with E-state index >= 15 is 0 Å². The number of nitrogens with two attached hydrogens (primary N) is 1. The number of ether oxygens (including phenoxy) is 1. The molecule has 0 aliphatic rings. The van der Waals surface area contributed by atoms with Gasteiger partial charge in [-0.1, -0.05) is 20.8 Å². The van der Waals surface area contributed by atoms with Crippen LogP contribution >= 0.6 is 11.3 Å². The minimum atomic E-state index is -0.497. The van der Waals surface area contributed by atoms with Gasteiger partial charge in [-0.15, -0.1) is 11.3 Å². The molecule has 0 aliphatic carbocycles. The fraction of sp³-hybridized carbons (Fsp3) is 0.389. The van der Waals surface area contributed by atoms with Crippen molar-refractivity contribution >= 4 is 34.0 Å². The van der Waals surface area contributed by atoms with Crippen molar-refractivity contribution in [2.24, 2.45) is 11.1 Å². The summed E-state index contributed by atoms with van der Waals surface area (Å²) >= 11 is 1.30. The summed E-state index contributed by atoms with van der Waals surface area (Å²) < 4.78 is 5.39. The minimum absolute atomic E-state index is 0.111. The van der Waals surface area contributed by atoms with E-state index in [0.29, 0.717) is 35.4 Å². The molecule has 0 unspecified atom stereocenters. The molecular formula is C18H24N4O3S. The van der Waals surface area contributed by atoms with E-state index in [9.17, 15) is 9.59 Å². The van der Waals surface area contributed by atoms with Crippen LogP contribution in [0.5, 0.6) is 5.75 Å². The Labute approximate surface area is 157 Å². The summed E-state index contributed by atoms with van der Waals surface area (Å²) in [6, 6.07) is 7.07. The van der Waals surface area contributed by atoms with Crippen molar-refractivity contribution < 1.29 is 14.3 Å². The van der Waals surface area contributed by atoms with E-state index < -0.39 is 5.41 Å². The van der Waals surface area contributed by atoms with Crippen molar-refractivity contribution in [3.8, 4) is 5.75 Å². The molecule has 0 radical (unpaired) electrons. The molecule has 0 aliphatic heterocycles. The van der Waals surface area contributed by atoms with Gasteiger partial charge < -0.3 is 21.1 Å². The van der Waals surface area contributed by atoms with Crippen LogP contribution in [0.4, 0.5) is 10.8 Å². The summed E-state index contributed by atoms with van der Waals surface area (Å²) in [5.41, 5.74) is 6.17. The first kappa shape index (κ1) is 19.9. The Balaban J connectivity index is 1.87. The SMILES string of the molecule is CC(C)(C)C(=O)Nc1nc(CC(=O)Nc2ccc(OCCN)cc2)cs1. The van der Waals surface area contributed by atoms with Crippen LogP contribution in [0.1, 0.15) is 26.5 Å². The molecule has 1 heterocycles. The van der Waals surface area contributed by atoms with Gasteiger partial charge in [0.2, 0.25) is 11.8 Å². The molecule has 1 aromatic heterocycles. The summed E-state index contributed by atoms with van der Waals surface area (Å²) in [5.74, 6) is 0.409. The smallest absolute Gasteiger partial charge is 0.231 e. The molecule has 0 saturated carbocycles. The Bertz CT molecular complexity index is 751. The summed E-state index contributed by atoms with van der Waals surface area (Å²) in [7, 11) is 0. The van der Waals surface area contributed by atoms with Crippen LogP contribution in [0.3, 0.4) is 0 Å². The Hall–Kier alpha value is -2.45. The topological polar surface area (TPSA) is 106 Å². The number of amides is 2. The number of nitrogens with zero attached hydrogens (tertiary/aromatic N) is 1. The molecule has 4 N–H and O–H groups in total. The highest BCUT2D eigenvalue weighted by Crippen LogP contribution is 2.21. The second kappa shape index (κ2) is 8.77. The normalized spacial score (nSPS) is 11.1. The molecule has 26 heavy (non-hydrogen) atoms. The van der Waals surface area contributed by atoms with E-state index in [4.69, 9.17) is 10.5 Å². The van der Waals surface area contributed by atoms with E-state index in [-0.39, 0.29) is 18.2 Å². The zero-order valence-electron chi connectivity index (χ0n) is 15.2. The number of anilines is 2. The van der Waals surface area contributed by atoms with Crippen LogP contribution in [-0.2, 0) is 16.0 Å². The molecule has 0 saturated heterocycles. The molecule has 140 valence electrons. The molecular weight excluding hydrogens is 352 g/mol. The van der Waals surface area contributed by atoms with Crippen LogP contribution in [0, 0.1) is 5.41 Å². The van der Waals surface area contributed by atoms with E-state index in [0.717, 1.165) is 0 Å². The first-order valence-corrected chi connectivity index (χ1v) is 9.14. The summed E-state index contributed by atoms with van der Waals surface area (Å²) in [6.07, 6.45) is 0.132. The van der Waals surface area contributed by atoms with Gasteiger partial charge in [0.25, 0.3) is 0 Å². The van der Waals surface area contributed by atoms with Gasteiger partial charge in [0.05, 0.1) is 12.1 Å². The highest BCUT2D eigenvalue weighted by molar-refractivity contribution is 7.13. The number of carbonyl (C=O) groups excluding carboxylic acids is 2. The van der Waals surface area contributed by atoms with Crippen molar-refractivity contribution in [1.82, 2.24) is 4.98 Å². The van der Waals surface area contributed by atoms with Crippen molar-refractivity contribution in [2.45, 2.75) is 27.2 Å². The average molecular weight is 376 g/mol. The number of hydrogen-bond acceptors (Lipinski definition) is 6. The van der Waals surface area contributed by atoms with Gasteiger partial charge in [-0.05, 0) is 24.3 Å². The first-order chi connectivity index (χ1) is 12.3. The zero-order chi connectivity index (χ0) is 19.2. The fourth-order valence-corrected chi connectivity index (χ4v) is 2.62. The van der Waals surface area contributed by atoms with Crippen molar-refractivity contribution in [3.05, 3.63) is 35.3 Å². The lowest BCUT2D eigenvalue weighted by atomic mass is 9.96. The Morgan fingerprint density at radius 1 is 1.19 bits per heavy atom. The van der Waals surface area contributed by atoms with Crippen LogP contribution in [0.25, 0.3) is 0 Å². The number of benzene rings is 1. The molecule has 0 spiro atoms. The quantitative estimate of drug-likeness (QED) is 0.689. The van der Waals surface area contributed by atoms with E-state index in [2.05, 4.69) is 15.6 Å². The number of rotatable bonds is 7. The lowest BCUT2D eigenvalue weighted by Gasteiger charge is -2.15. The maximum absolute atomic E-state index is 12.1. The Kier molecular flexibility index (Phi) is 6.70. The van der Waals surface area contributed by atoms with E-state index in [1.807, 2.05) is 20.8 Å². The predicted octanol–water partition coefficient (Wildman–Crippen LogP) is 2.65. The van der Waals surface area contributed by atoms with Crippen LogP contribution in [0.15, 0.2) is 29.6 Å². The molecule has 0 fully saturated rings. The molecule has 7 nitrogen and oxygen atoms in total. The number of hydrogen-bond donors (Lipinski definition) is 3. The number of thiazole rings is 1. The third-order valence-electron chi connectivity index (χ3n) is 3.32. The second-order valence-corrected chi connectivity index (χ2v) is 7.59. The third-order valence-corrected chi connectivity index (χ3v) is 4.13. The number of nitrogens with one attached hydrogen (secondary N) is 2. The molecule has 8 heteroatoms.